The third kappa shape index (κ3) is 5.31. The van der Waals surface area contributed by atoms with Crippen molar-refractivity contribution in [3.8, 4) is 5.75 Å². The van der Waals surface area contributed by atoms with Crippen molar-refractivity contribution in [1.29, 1.82) is 0 Å². The first kappa shape index (κ1) is 14.2. The molecule has 0 aromatic heterocycles. The number of halogens is 1. The lowest BCUT2D eigenvalue weighted by Crippen LogP contribution is -2.11. The monoisotopic (exact) mass is 255 g/mol. The summed E-state index contributed by atoms with van der Waals surface area (Å²) >= 11 is 6.05. The van der Waals surface area contributed by atoms with E-state index in [4.69, 9.17) is 22.1 Å². The van der Waals surface area contributed by atoms with Crippen molar-refractivity contribution in [3.05, 3.63) is 23.2 Å². The third-order valence-electron chi connectivity index (χ3n) is 2.75. The van der Waals surface area contributed by atoms with E-state index in [0.29, 0.717) is 10.7 Å². The van der Waals surface area contributed by atoms with Gasteiger partial charge in [0.15, 0.2) is 0 Å². The first-order valence-electron chi connectivity index (χ1n) is 6.35. The molecule has 1 aromatic rings. The van der Waals surface area contributed by atoms with E-state index in [2.05, 4.69) is 13.8 Å². The molecule has 1 unspecified atom stereocenters. The number of benzene rings is 1. The molecule has 2 nitrogen and oxygen atoms in total. The molecular formula is C14H22ClNO. The Kier molecular flexibility index (Phi) is 6.20. The maximum absolute atomic E-state index is 6.05. The van der Waals surface area contributed by atoms with Gasteiger partial charge in [-0.15, -0.1) is 0 Å². The van der Waals surface area contributed by atoms with Gasteiger partial charge in [-0.3, -0.25) is 0 Å². The van der Waals surface area contributed by atoms with Gasteiger partial charge >= 0.3 is 0 Å². The Morgan fingerprint density at radius 2 is 2.06 bits per heavy atom. The Bertz CT molecular complexity index is 341. The van der Waals surface area contributed by atoms with Crippen LogP contribution in [0.25, 0.3) is 0 Å². The van der Waals surface area contributed by atoms with Crippen LogP contribution < -0.4 is 10.5 Å². The van der Waals surface area contributed by atoms with Gasteiger partial charge in [0.1, 0.15) is 5.75 Å². The van der Waals surface area contributed by atoms with Crippen LogP contribution >= 0.6 is 11.6 Å². The van der Waals surface area contributed by atoms with Gasteiger partial charge in [-0.05, 0) is 38.0 Å². The Morgan fingerprint density at radius 3 is 2.71 bits per heavy atom. The molecule has 1 atom stereocenters. The molecule has 1 rings (SSSR count). The summed E-state index contributed by atoms with van der Waals surface area (Å²) in [4.78, 5) is 0. The zero-order chi connectivity index (χ0) is 12.7. The molecule has 0 saturated heterocycles. The maximum atomic E-state index is 6.05. The normalized spacial score (nSPS) is 12.4. The molecule has 3 heteroatoms. The second kappa shape index (κ2) is 7.44. The van der Waals surface area contributed by atoms with Gasteiger partial charge < -0.3 is 10.5 Å². The van der Waals surface area contributed by atoms with Gasteiger partial charge in [0.2, 0.25) is 0 Å². The van der Waals surface area contributed by atoms with Crippen molar-refractivity contribution < 1.29 is 4.74 Å². The minimum Gasteiger partial charge on any atom is -0.489 e. The van der Waals surface area contributed by atoms with Gasteiger partial charge in [-0.2, -0.15) is 0 Å². The fourth-order valence-electron chi connectivity index (χ4n) is 1.75. The Labute approximate surface area is 109 Å². The molecular weight excluding hydrogens is 234 g/mol. The Balaban J connectivity index is 2.37. The highest BCUT2D eigenvalue weighted by molar-refractivity contribution is 6.32. The second-order valence-corrected chi connectivity index (χ2v) is 4.87. The van der Waals surface area contributed by atoms with Crippen LogP contribution in [0.5, 0.6) is 5.75 Å². The number of hydrogen-bond donors (Lipinski definition) is 1. The number of rotatable bonds is 7. The van der Waals surface area contributed by atoms with E-state index >= 15 is 0 Å². The summed E-state index contributed by atoms with van der Waals surface area (Å²) in [5.74, 6) is 0.726. The first-order valence-corrected chi connectivity index (χ1v) is 6.73. The topological polar surface area (TPSA) is 35.2 Å². The molecule has 0 aliphatic heterocycles. The predicted molar refractivity (Wildman–Crippen MR) is 74.7 cm³/mol. The van der Waals surface area contributed by atoms with Crippen LogP contribution in [0.1, 0.15) is 46.0 Å². The van der Waals surface area contributed by atoms with E-state index in [9.17, 15) is 0 Å². The highest BCUT2D eigenvalue weighted by Gasteiger charge is 2.07. The number of nitrogen functional groups attached to an aromatic ring is 1. The molecule has 0 spiro atoms. The summed E-state index contributed by atoms with van der Waals surface area (Å²) < 4.78 is 5.79. The van der Waals surface area contributed by atoms with E-state index < -0.39 is 0 Å². The first-order chi connectivity index (χ1) is 8.13. The van der Waals surface area contributed by atoms with Crippen LogP contribution in [0.4, 0.5) is 5.69 Å². The van der Waals surface area contributed by atoms with Gasteiger partial charge in [0.25, 0.3) is 0 Å². The summed E-state index contributed by atoms with van der Waals surface area (Å²) in [7, 11) is 0. The van der Waals surface area contributed by atoms with Crippen LogP contribution in [0.3, 0.4) is 0 Å². The standard InChI is InChI=1S/C14H22ClNO/c1-3-4-5-6-7-11(2)17-14-9-8-12(16)10-13(14)15/h8-11H,3-7,16H2,1-2H3. The molecule has 0 bridgehead atoms. The summed E-state index contributed by atoms with van der Waals surface area (Å²) in [6.07, 6.45) is 6.32. The molecule has 1 aromatic carbocycles. The molecule has 0 aliphatic carbocycles. The quantitative estimate of drug-likeness (QED) is 0.568. The van der Waals surface area contributed by atoms with Crippen molar-refractivity contribution in [2.75, 3.05) is 5.73 Å². The van der Waals surface area contributed by atoms with Gasteiger partial charge in [0, 0.05) is 5.69 Å². The van der Waals surface area contributed by atoms with Gasteiger partial charge in [-0.25, -0.2) is 0 Å². The lowest BCUT2D eigenvalue weighted by atomic mass is 10.1. The number of unbranched alkanes of at least 4 members (excludes halogenated alkanes) is 3. The van der Waals surface area contributed by atoms with Crippen molar-refractivity contribution in [3.63, 3.8) is 0 Å². The van der Waals surface area contributed by atoms with Crippen LogP contribution in [-0.2, 0) is 0 Å². The zero-order valence-electron chi connectivity index (χ0n) is 10.7. The fraction of sp³-hybridized carbons (Fsp3) is 0.571. The molecule has 0 saturated carbocycles. The number of ether oxygens (including phenoxy) is 1. The lowest BCUT2D eigenvalue weighted by molar-refractivity contribution is 0.206. The average molecular weight is 256 g/mol. The van der Waals surface area contributed by atoms with E-state index in [1.54, 1.807) is 6.07 Å². The van der Waals surface area contributed by atoms with E-state index in [1.165, 1.54) is 25.7 Å². The van der Waals surface area contributed by atoms with Crippen molar-refractivity contribution in [1.82, 2.24) is 0 Å². The van der Waals surface area contributed by atoms with Gasteiger partial charge in [-0.1, -0.05) is 37.8 Å². The molecule has 0 heterocycles. The highest BCUT2D eigenvalue weighted by atomic mass is 35.5. The smallest absolute Gasteiger partial charge is 0.138 e. The Hall–Kier alpha value is -0.890. The predicted octanol–water partition coefficient (Wildman–Crippen LogP) is 4.66. The van der Waals surface area contributed by atoms with Crippen molar-refractivity contribution >= 4 is 17.3 Å². The highest BCUT2D eigenvalue weighted by Crippen LogP contribution is 2.27. The lowest BCUT2D eigenvalue weighted by Gasteiger charge is -2.15. The molecule has 0 aliphatic rings. The number of nitrogens with two attached hydrogens (primary N) is 1. The third-order valence-corrected chi connectivity index (χ3v) is 3.04. The SMILES string of the molecule is CCCCCCC(C)Oc1ccc(N)cc1Cl. The van der Waals surface area contributed by atoms with Crippen LogP contribution in [0.15, 0.2) is 18.2 Å². The largest absolute Gasteiger partial charge is 0.489 e. The van der Waals surface area contributed by atoms with Crippen LogP contribution in [0, 0.1) is 0 Å². The second-order valence-electron chi connectivity index (χ2n) is 4.47. The minimum absolute atomic E-state index is 0.202. The molecule has 0 fully saturated rings. The van der Waals surface area contributed by atoms with E-state index in [1.807, 2.05) is 12.1 Å². The Morgan fingerprint density at radius 1 is 1.29 bits per heavy atom. The van der Waals surface area contributed by atoms with Gasteiger partial charge in [0.05, 0.1) is 11.1 Å². The summed E-state index contributed by atoms with van der Waals surface area (Å²) in [5, 5.41) is 0.588. The summed E-state index contributed by atoms with van der Waals surface area (Å²) in [6, 6.07) is 5.37. The number of hydrogen-bond acceptors (Lipinski definition) is 2. The summed E-state index contributed by atoms with van der Waals surface area (Å²) in [5.41, 5.74) is 6.30. The van der Waals surface area contributed by atoms with Crippen molar-refractivity contribution in [2.45, 2.75) is 52.1 Å². The van der Waals surface area contributed by atoms with Crippen LogP contribution in [0.2, 0.25) is 5.02 Å². The minimum atomic E-state index is 0.202. The molecule has 0 radical (unpaired) electrons. The molecule has 0 amide bonds. The molecule has 2 N–H and O–H groups in total. The van der Waals surface area contributed by atoms with Crippen LogP contribution in [-0.4, -0.2) is 6.10 Å². The van der Waals surface area contributed by atoms with E-state index in [-0.39, 0.29) is 6.10 Å². The van der Waals surface area contributed by atoms with Crippen molar-refractivity contribution in [2.24, 2.45) is 0 Å². The molecule has 17 heavy (non-hydrogen) atoms. The maximum Gasteiger partial charge on any atom is 0.138 e. The average Bonchev–Trinajstić information content (AvgIpc) is 2.28. The zero-order valence-corrected chi connectivity index (χ0v) is 11.5. The molecule has 96 valence electrons. The fourth-order valence-corrected chi connectivity index (χ4v) is 1.98. The number of anilines is 1. The van der Waals surface area contributed by atoms with E-state index in [0.717, 1.165) is 12.2 Å². The summed E-state index contributed by atoms with van der Waals surface area (Å²) in [6.45, 7) is 4.30.